The number of ether oxygens (including phenoxy) is 1. The standard InChI is InChI=1S/C10H8ClF3N2O2/c1-2-18-8(17)5-16-9-7(11)3-6(4-15-9)10(12,13)14/h3-5H,2H2,1H3. The van der Waals surface area contributed by atoms with E-state index >= 15 is 0 Å². The zero-order chi connectivity index (χ0) is 13.8. The average Bonchev–Trinajstić information content (AvgIpc) is 2.26. The summed E-state index contributed by atoms with van der Waals surface area (Å²) in [6, 6.07) is 0.687. The monoisotopic (exact) mass is 280 g/mol. The van der Waals surface area contributed by atoms with Gasteiger partial charge in [-0.1, -0.05) is 11.6 Å². The summed E-state index contributed by atoms with van der Waals surface area (Å²) in [5.74, 6) is -0.909. The van der Waals surface area contributed by atoms with Crippen LogP contribution in [0.1, 0.15) is 12.5 Å². The number of rotatable bonds is 3. The molecule has 1 heterocycles. The summed E-state index contributed by atoms with van der Waals surface area (Å²) in [5.41, 5.74) is -0.984. The highest BCUT2D eigenvalue weighted by molar-refractivity contribution is 6.33. The van der Waals surface area contributed by atoms with Crippen molar-refractivity contribution in [3.8, 4) is 0 Å². The van der Waals surface area contributed by atoms with Gasteiger partial charge >= 0.3 is 12.1 Å². The lowest BCUT2D eigenvalue weighted by Gasteiger charge is -2.06. The van der Waals surface area contributed by atoms with E-state index in [0.29, 0.717) is 12.3 Å². The van der Waals surface area contributed by atoms with Crippen molar-refractivity contribution in [3.63, 3.8) is 0 Å². The van der Waals surface area contributed by atoms with E-state index in [1.165, 1.54) is 0 Å². The van der Waals surface area contributed by atoms with Crippen LogP contribution in [0.5, 0.6) is 0 Å². The lowest BCUT2D eigenvalue weighted by molar-refractivity contribution is -0.138. The van der Waals surface area contributed by atoms with Crippen LogP contribution in [0.25, 0.3) is 0 Å². The Labute approximate surface area is 105 Å². The first-order valence-electron chi connectivity index (χ1n) is 4.78. The molecule has 0 N–H and O–H groups in total. The zero-order valence-electron chi connectivity index (χ0n) is 9.16. The molecule has 0 fully saturated rings. The summed E-state index contributed by atoms with van der Waals surface area (Å²) in [5, 5.41) is -0.301. The fraction of sp³-hybridized carbons (Fsp3) is 0.300. The summed E-state index contributed by atoms with van der Waals surface area (Å²) in [7, 11) is 0. The van der Waals surface area contributed by atoms with Gasteiger partial charge in [-0.15, -0.1) is 0 Å². The van der Waals surface area contributed by atoms with Crippen LogP contribution in [0.3, 0.4) is 0 Å². The predicted molar refractivity (Wildman–Crippen MR) is 59.0 cm³/mol. The Hall–Kier alpha value is -1.63. The molecule has 1 aromatic rings. The lowest BCUT2D eigenvalue weighted by Crippen LogP contribution is -2.06. The molecule has 0 spiro atoms. The van der Waals surface area contributed by atoms with E-state index in [2.05, 4.69) is 14.7 Å². The molecule has 0 saturated carbocycles. The zero-order valence-corrected chi connectivity index (χ0v) is 9.92. The van der Waals surface area contributed by atoms with Gasteiger partial charge in [-0.3, -0.25) is 0 Å². The highest BCUT2D eigenvalue weighted by Gasteiger charge is 2.31. The van der Waals surface area contributed by atoms with Crippen LogP contribution in [0, 0.1) is 0 Å². The Bertz CT molecular complexity index is 475. The summed E-state index contributed by atoms with van der Waals surface area (Å²) in [4.78, 5) is 17.9. The minimum atomic E-state index is -4.53. The Morgan fingerprint density at radius 3 is 2.78 bits per heavy atom. The highest BCUT2D eigenvalue weighted by atomic mass is 35.5. The van der Waals surface area contributed by atoms with Crippen LogP contribution >= 0.6 is 11.6 Å². The number of carbonyl (C=O) groups is 1. The number of pyridine rings is 1. The van der Waals surface area contributed by atoms with Crippen molar-refractivity contribution in [1.82, 2.24) is 4.98 Å². The number of aromatic nitrogens is 1. The van der Waals surface area contributed by atoms with Crippen LogP contribution in [-0.4, -0.2) is 23.8 Å². The minimum absolute atomic E-state index is 0.166. The van der Waals surface area contributed by atoms with Crippen molar-refractivity contribution >= 4 is 29.6 Å². The summed E-state index contributed by atoms with van der Waals surface area (Å²) in [6.45, 7) is 1.77. The van der Waals surface area contributed by atoms with Crippen molar-refractivity contribution in [2.45, 2.75) is 13.1 Å². The van der Waals surface area contributed by atoms with E-state index < -0.39 is 17.7 Å². The summed E-state index contributed by atoms with van der Waals surface area (Å²) >= 11 is 5.57. The third-order valence-electron chi connectivity index (χ3n) is 1.73. The van der Waals surface area contributed by atoms with E-state index in [0.717, 1.165) is 6.21 Å². The first-order valence-corrected chi connectivity index (χ1v) is 5.16. The van der Waals surface area contributed by atoms with Gasteiger partial charge in [-0.2, -0.15) is 13.2 Å². The molecule has 0 aliphatic heterocycles. The number of carbonyl (C=O) groups excluding carboxylic acids is 1. The topological polar surface area (TPSA) is 51.5 Å². The van der Waals surface area contributed by atoms with Crippen LogP contribution in [0.15, 0.2) is 17.3 Å². The molecule has 0 radical (unpaired) electrons. The molecule has 0 unspecified atom stereocenters. The van der Waals surface area contributed by atoms with Gasteiger partial charge in [0.25, 0.3) is 0 Å². The number of hydrogen-bond acceptors (Lipinski definition) is 4. The van der Waals surface area contributed by atoms with Gasteiger partial charge < -0.3 is 4.74 Å². The highest BCUT2D eigenvalue weighted by Crippen LogP contribution is 2.32. The number of aliphatic imine (C=N–C) groups is 1. The third kappa shape index (κ3) is 3.99. The van der Waals surface area contributed by atoms with Gasteiger partial charge in [0.15, 0.2) is 5.82 Å². The van der Waals surface area contributed by atoms with Crippen molar-refractivity contribution in [2.75, 3.05) is 6.61 Å². The Morgan fingerprint density at radius 1 is 1.61 bits per heavy atom. The molecule has 0 aliphatic carbocycles. The quantitative estimate of drug-likeness (QED) is 0.632. The maximum atomic E-state index is 12.3. The molecule has 1 aromatic heterocycles. The molecule has 18 heavy (non-hydrogen) atoms. The Morgan fingerprint density at radius 2 is 2.28 bits per heavy atom. The lowest BCUT2D eigenvalue weighted by atomic mass is 10.3. The van der Waals surface area contributed by atoms with Gasteiger partial charge in [0, 0.05) is 6.20 Å². The molecule has 98 valence electrons. The number of esters is 1. The van der Waals surface area contributed by atoms with Crippen molar-refractivity contribution in [1.29, 1.82) is 0 Å². The fourth-order valence-corrected chi connectivity index (χ4v) is 1.19. The maximum absolute atomic E-state index is 12.3. The van der Waals surface area contributed by atoms with E-state index in [9.17, 15) is 18.0 Å². The van der Waals surface area contributed by atoms with E-state index in [-0.39, 0.29) is 17.4 Å². The van der Waals surface area contributed by atoms with E-state index in [4.69, 9.17) is 11.6 Å². The number of nitrogens with zero attached hydrogens (tertiary/aromatic N) is 2. The van der Waals surface area contributed by atoms with Crippen molar-refractivity contribution < 1.29 is 22.7 Å². The second kappa shape index (κ2) is 5.81. The molecule has 0 aromatic carbocycles. The van der Waals surface area contributed by atoms with Crippen molar-refractivity contribution in [3.05, 3.63) is 22.8 Å². The van der Waals surface area contributed by atoms with Crippen LogP contribution in [-0.2, 0) is 15.7 Å². The van der Waals surface area contributed by atoms with E-state index in [1.54, 1.807) is 6.92 Å². The van der Waals surface area contributed by atoms with Gasteiger partial charge in [0.1, 0.15) is 6.21 Å². The van der Waals surface area contributed by atoms with Gasteiger partial charge in [-0.05, 0) is 13.0 Å². The Kier molecular flexibility index (Phi) is 4.66. The molecule has 0 bridgehead atoms. The van der Waals surface area contributed by atoms with Gasteiger partial charge in [0.2, 0.25) is 0 Å². The predicted octanol–water partition coefficient (Wildman–Crippen LogP) is 3.02. The molecule has 0 saturated heterocycles. The molecule has 0 amide bonds. The third-order valence-corrected chi connectivity index (χ3v) is 2.01. The number of hydrogen-bond donors (Lipinski definition) is 0. The van der Waals surface area contributed by atoms with Crippen LogP contribution in [0.4, 0.5) is 19.0 Å². The molecular formula is C10H8ClF3N2O2. The first-order chi connectivity index (χ1) is 8.34. The molecular weight excluding hydrogens is 273 g/mol. The van der Waals surface area contributed by atoms with E-state index in [1.807, 2.05) is 0 Å². The molecule has 1 rings (SSSR count). The Balaban J connectivity index is 2.90. The molecule has 0 atom stereocenters. The second-order valence-corrected chi connectivity index (χ2v) is 3.44. The smallest absolute Gasteiger partial charge is 0.417 e. The molecule has 4 nitrogen and oxygen atoms in total. The van der Waals surface area contributed by atoms with Crippen molar-refractivity contribution in [2.24, 2.45) is 4.99 Å². The fourth-order valence-electron chi connectivity index (χ4n) is 0.974. The SMILES string of the molecule is CCOC(=O)C=Nc1ncc(C(F)(F)F)cc1Cl. The maximum Gasteiger partial charge on any atom is 0.417 e. The van der Waals surface area contributed by atoms with Gasteiger partial charge in [0.05, 0.1) is 17.2 Å². The molecule has 8 heteroatoms. The normalized spacial score (nSPS) is 11.8. The second-order valence-electron chi connectivity index (χ2n) is 3.04. The first kappa shape index (κ1) is 14.4. The largest absolute Gasteiger partial charge is 0.462 e. The minimum Gasteiger partial charge on any atom is -0.462 e. The summed E-state index contributed by atoms with van der Waals surface area (Å²) in [6.07, 6.45) is -3.14. The van der Waals surface area contributed by atoms with Gasteiger partial charge in [-0.25, -0.2) is 14.8 Å². The average molecular weight is 281 g/mol. The van der Waals surface area contributed by atoms with Crippen LogP contribution < -0.4 is 0 Å². The number of alkyl halides is 3. The van der Waals surface area contributed by atoms with Crippen LogP contribution in [0.2, 0.25) is 5.02 Å². The number of halogens is 4. The molecule has 0 aliphatic rings. The summed E-state index contributed by atoms with van der Waals surface area (Å²) < 4.78 is 41.5.